The van der Waals surface area contributed by atoms with E-state index >= 15 is 0 Å². The van der Waals surface area contributed by atoms with E-state index in [9.17, 15) is 8.42 Å². The Labute approximate surface area is 92.1 Å². The predicted octanol–water partition coefficient (Wildman–Crippen LogP) is 0.565. The number of hydrogen-bond donors (Lipinski definition) is 1. The first-order valence-corrected chi connectivity index (χ1v) is 7.35. The molecule has 1 unspecified atom stereocenters. The maximum atomic E-state index is 11.7. The van der Waals surface area contributed by atoms with Gasteiger partial charge in [0.25, 0.3) is 0 Å². The van der Waals surface area contributed by atoms with Gasteiger partial charge in [0.2, 0.25) is 0 Å². The standard InChI is InChI=1S/C10H21NO3S/c1-9(11)4-7-15(12,13)8-10-2-5-14-6-3-10/h9-10H,2-8,11H2,1H3. The second-order valence-electron chi connectivity index (χ2n) is 4.44. The summed E-state index contributed by atoms with van der Waals surface area (Å²) in [7, 11) is -2.91. The molecule has 0 spiro atoms. The molecule has 1 heterocycles. The van der Waals surface area contributed by atoms with Gasteiger partial charge < -0.3 is 10.5 Å². The quantitative estimate of drug-likeness (QED) is 0.756. The molecule has 0 saturated carbocycles. The van der Waals surface area contributed by atoms with Crippen molar-refractivity contribution in [3.05, 3.63) is 0 Å². The average Bonchev–Trinajstić information content (AvgIpc) is 2.16. The Bertz CT molecular complexity index is 268. The lowest BCUT2D eigenvalue weighted by molar-refractivity contribution is 0.0723. The Morgan fingerprint density at radius 2 is 2.00 bits per heavy atom. The molecule has 0 aromatic carbocycles. The first kappa shape index (κ1) is 12.9. The normalized spacial score (nSPS) is 21.5. The molecule has 1 aliphatic heterocycles. The van der Waals surface area contributed by atoms with Crippen LogP contribution in [0.1, 0.15) is 26.2 Å². The number of rotatable bonds is 5. The highest BCUT2D eigenvalue weighted by molar-refractivity contribution is 7.91. The van der Waals surface area contributed by atoms with E-state index < -0.39 is 9.84 Å². The summed E-state index contributed by atoms with van der Waals surface area (Å²) in [5, 5.41) is 0. The largest absolute Gasteiger partial charge is 0.381 e. The second kappa shape index (κ2) is 5.82. The van der Waals surface area contributed by atoms with Gasteiger partial charge in [0.15, 0.2) is 9.84 Å². The van der Waals surface area contributed by atoms with E-state index in [0.29, 0.717) is 25.4 Å². The van der Waals surface area contributed by atoms with Crippen LogP contribution in [-0.2, 0) is 14.6 Å². The third-order valence-electron chi connectivity index (χ3n) is 2.71. The van der Waals surface area contributed by atoms with Gasteiger partial charge in [-0.2, -0.15) is 0 Å². The van der Waals surface area contributed by atoms with Crippen molar-refractivity contribution in [2.75, 3.05) is 24.7 Å². The zero-order valence-corrected chi connectivity index (χ0v) is 10.1. The van der Waals surface area contributed by atoms with Crippen LogP contribution in [0, 0.1) is 5.92 Å². The molecule has 0 aliphatic carbocycles. The van der Waals surface area contributed by atoms with E-state index in [1.54, 1.807) is 0 Å². The lowest BCUT2D eigenvalue weighted by Crippen LogP contribution is -2.27. The van der Waals surface area contributed by atoms with Crippen LogP contribution in [0.3, 0.4) is 0 Å². The fourth-order valence-corrected chi connectivity index (χ4v) is 3.67. The average molecular weight is 235 g/mol. The summed E-state index contributed by atoms with van der Waals surface area (Å²) in [6, 6.07) is -0.0329. The van der Waals surface area contributed by atoms with Gasteiger partial charge in [0.1, 0.15) is 0 Å². The Morgan fingerprint density at radius 1 is 1.40 bits per heavy atom. The van der Waals surface area contributed by atoms with Crippen LogP contribution in [0.4, 0.5) is 0 Å². The molecule has 0 radical (unpaired) electrons. The molecule has 2 N–H and O–H groups in total. The maximum Gasteiger partial charge on any atom is 0.150 e. The van der Waals surface area contributed by atoms with Crippen LogP contribution in [0.2, 0.25) is 0 Å². The number of nitrogens with two attached hydrogens (primary N) is 1. The fourth-order valence-electron chi connectivity index (χ4n) is 1.72. The van der Waals surface area contributed by atoms with Gasteiger partial charge >= 0.3 is 0 Å². The third-order valence-corrected chi connectivity index (χ3v) is 4.55. The molecular formula is C10H21NO3S. The second-order valence-corrected chi connectivity index (χ2v) is 6.66. The number of hydrogen-bond acceptors (Lipinski definition) is 4. The molecule has 1 rings (SSSR count). The van der Waals surface area contributed by atoms with Crippen molar-refractivity contribution in [3.8, 4) is 0 Å². The van der Waals surface area contributed by atoms with Crippen LogP contribution in [0.15, 0.2) is 0 Å². The highest BCUT2D eigenvalue weighted by Gasteiger charge is 2.21. The smallest absolute Gasteiger partial charge is 0.150 e. The van der Waals surface area contributed by atoms with Gasteiger partial charge in [-0.3, -0.25) is 0 Å². The van der Waals surface area contributed by atoms with Gasteiger partial charge in [-0.05, 0) is 32.1 Å². The highest BCUT2D eigenvalue weighted by Crippen LogP contribution is 2.17. The predicted molar refractivity (Wildman–Crippen MR) is 60.5 cm³/mol. The van der Waals surface area contributed by atoms with Crippen molar-refractivity contribution in [3.63, 3.8) is 0 Å². The monoisotopic (exact) mass is 235 g/mol. The lowest BCUT2D eigenvalue weighted by atomic mass is 10.0. The zero-order valence-electron chi connectivity index (χ0n) is 9.31. The van der Waals surface area contributed by atoms with Gasteiger partial charge in [-0.15, -0.1) is 0 Å². The van der Waals surface area contributed by atoms with Crippen molar-refractivity contribution in [2.24, 2.45) is 11.7 Å². The molecule has 0 bridgehead atoms. The summed E-state index contributed by atoms with van der Waals surface area (Å²) in [5.74, 6) is 0.822. The summed E-state index contributed by atoms with van der Waals surface area (Å²) in [6.07, 6.45) is 2.31. The minimum absolute atomic E-state index is 0.0329. The molecule has 0 amide bonds. The maximum absolute atomic E-state index is 11.7. The van der Waals surface area contributed by atoms with Crippen LogP contribution in [0.5, 0.6) is 0 Å². The molecule has 0 aromatic rings. The van der Waals surface area contributed by atoms with Gasteiger partial charge in [-0.1, -0.05) is 0 Å². The minimum Gasteiger partial charge on any atom is -0.381 e. The van der Waals surface area contributed by atoms with E-state index in [2.05, 4.69) is 0 Å². The highest BCUT2D eigenvalue weighted by atomic mass is 32.2. The zero-order chi connectivity index (χ0) is 11.3. The molecule has 1 atom stereocenters. The molecule has 0 aromatic heterocycles. The molecule has 5 heteroatoms. The van der Waals surface area contributed by atoms with Crippen LogP contribution < -0.4 is 5.73 Å². The Morgan fingerprint density at radius 3 is 2.53 bits per heavy atom. The van der Waals surface area contributed by atoms with E-state index in [1.807, 2.05) is 6.92 Å². The van der Waals surface area contributed by atoms with Crippen LogP contribution in [0.25, 0.3) is 0 Å². The molecular weight excluding hydrogens is 214 g/mol. The van der Waals surface area contributed by atoms with Crippen molar-refractivity contribution >= 4 is 9.84 Å². The van der Waals surface area contributed by atoms with Gasteiger partial charge in [0, 0.05) is 19.3 Å². The Kier molecular flexibility index (Phi) is 5.02. The molecule has 1 saturated heterocycles. The molecule has 1 fully saturated rings. The molecule has 15 heavy (non-hydrogen) atoms. The third kappa shape index (κ3) is 5.49. The van der Waals surface area contributed by atoms with Crippen molar-refractivity contribution in [1.82, 2.24) is 0 Å². The van der Waals surface area contributed by atoms with Gasteiger partial charge in [-0.25, -0.2) is 8.42 Å². The SMILES string of the molecule is CC(N)CCS(=O)(=O)CC1CCOCC1. The van der Waals surface area contributed by atoms with E-state index in [0.717, 1.165) is 12.8 Å². The molecule has 4 nitrogen and oxygen atoms in total. The first-order valence-electron chi connectivity index (χ1n) is 5.53. The summed E-state index contributed by atoms with van der Waals surface area (Å²) in [4.78, 5) is 0. The van der Waals surface area contributed by atoms with E-state index in [1.165, 1.54) is 0 Å². The minimum atomic E-state index is -2.91. The number of ether oxygens (including phenoxy) is 1. The Balaban J connectivity index is 2.34. The summed E-state index contributed by atoms with van der Waals surface area (Å²) in [5.41, 5.74) is 5.55. The van der Waals surface area contributed by atoms with Crippen molar-refractivity contribution in [1.29, 1.82) is 0 Å². The van der Waals surface area contributed by atoms with Crippen LogP contribution >= 0.6 is 0 Å². The number of sulfone groups is 1. The van der Waals surface area contributed by atoms with E-state index in [-0.39, 0.29) is 17.7 Å². The molecule has 1 aliphatic rings. The molecule has 90 valence electrons. The summed E-state index contributed by atoms with van der Waals surface area (Å²) >= 11 is 0. The van der Waals surface area contributed by atoms with E-state index in [4.69, 9.17) is 10.5 Å². The van der Waals surface area contributed by atoms with Gasteiger partial charge in [0.05, 0.1) is 11.5 Å². The summed E-state index contributed by atoms with van der Waals surface area (Å²) in [6.45, 7) is 3.24. The fraction of sp³-hybridized carbons (Fsp3) is 1.00. The summed E-state index contributed by atoms with van der Waals surface area (Å²) < 4.78 is 28.6. The van der Waals surface area contributed by atoms with Crippen molar-refractivity contribution < 1.29 is 13.2 Å². The topological polar surface area (TPSA) is 69.4 Å². The lowest BCUT2D eigenvalue weighted by Gasteiger charge is -2.21. The Hall–Kier alpha value is -0.130. The van der Waals surface area contributed by atoms with Crippen molar-refractivity contribution in [2.45, 2.75) is 32.2 Å². The first-order chi connectivity index (χ1) is 6.99. The van der Waals surface area contributed by atoms with Crippen LogP contribution in [-0.4, -0.2) is 39.2 Å².